The van der Waals surface area contributed by atoms with Crippen LogP contribution in [-0.4, -0.2) is 32.1 Å². The molecule has 1 atom stereocenters. The van der Waals surface area contributed by atoms with Crippen molar-refractivity contribution in [3.05, 3.63) is 59.4 Å². The van der Waals surface area contributed by atoms with E-state index < -0.39 is 0 Å². The first-order valence-electron chi connectivity index (χ1n) is 8.86. The van der Waals surface area contributed by atoms with E-state index in [0.717, 1.165) is 36.3 Å². The third-order valence-electron chi connectivity index (χ3n) is 5.26. The summed E-state index contributed by atoms with van der Waals surface area (Å²) in [6.45, 7) is 4.87. The number of aromatic nitrogens is 3. The van der Waals surface area contributed by atoms with E-state index in [0.29, 0.717) is 11.3 Å². The minimum atomic E-state index is 0.0688. The van der Waals surface area contributed by atoms with Crippen LogP contribution < -0.4 is 0 Å². The number of rotatable bonds is 3. The lowest BCUT2D eigenvalue weighted by molar-refractivity contribution is 0.0735. The van der Waals surface area contributed by atoms with E-state index in [1.54, 1.807) is 6.20 Å². The fraction of sp³-hybridized carbons (Fsp3) is 0.350. The van der Waals surface area contributed by atoms with E-state index in [1.165, 1.54) is 12.0 Å². The molecule has 0 aliphatic carbocycles. The zero-order valence-electron chi connectivity index (χ0n) is 15.3. The molecule has 1 fully saturated rings. The minimum Gasteiger partial charge on any atom is -0.444 e. The van der Waals surface area contributed by atoms with Crippen molar-refractivity contribution in [3.8, 4) is 11.3 Å². The fourth-order valence-corrected chi connectivity index (χ4v) is 3.88. The Morgan fingerprint density at radius 3 is 2.62 bits per heavy atom. The van der Waals surface area contributed by atoms with Crippen LogP contribution in [-0.2, 0) is 7.05 Å². The van der Waals surface area contributed by atoms with Crippen LogP contribution in [0.1, 0.15) is 46.2 Å². The lowest BCUT2D eigenvalue weighted by atomic mass is 10.0. The Morgan fingerprint density at radius 1 is 1.23 bits per heavy atom. The highest BCUT2D eigenvalue weighted by Crippen LogP contribution is 2.36. The highest BCUT2D eigenvalue weighted by molar-refractivity contribution is 5.95. The van der Waals surface area contributed by atoms with E-state index in [4.69, 9.17) is 4.42 Å². The zero-order chi connectivity index (χ0) is 18.3. The van der Waals surface area contributed by atoms with Gasteiger partial charge in [-0.2, -0.15) is 5.10 Å². The number of carbonyl (C=O) groups is 1. The molecule has 1 aliphatic heterocycles. The molecular formula is C20H22N4O2. The van der Waals surface area contributed by atoms with Crippen LogP contribution in [0.2, 0.25) is 0 Å². The second kappa shape index (κ2) is 6.44. The first-order valence-corrected chi connectivity index (χ1v) is 8.86. The van der Waals surface area contributed by atoms with Gasteiger partial charge in [0.05, 0.1) is 17.9 Å². The van der Waals surface area contributed by atoms with Gasteiger partial charge in [0, 0.05) is 36.0 Å². The SMILES string of the molecule is Cc1nn(C)c(C)c1C1CCCN1C(=O)c1ccc(-c2cnco2)cc1. The molecule has 1 amide bonds. The summed E-state index contributed by atoms with van der Waals surface area (Å²) in [7, 11) is 1.95. The number of likely N-dealkylation sites (tertiary alicyclic amines) is 1. The van der Waals surface area contributed by atoms with Crippen molar-refractivity contribution in [2.75, 3.05) is 6.54 Å². The van der Waals surface area contributed by atoms with Crippen LogP contribution in [0.25, 0.3) is 11.3 Å². The van der Waals surface area contributed by atoms with Gasteiger partial charge in [0.25, 0.3) is 5.91 Å². The number of oxazole rings is 1. The predicted molar refractivity (Wildman–Crippen MR) is 97.6 cm³/mol. The molecule has 1 aliphatic rings. The molecule has 6 nitrogen and oxygen atoms in total. The van der Waals surface area contributed by atoms with Crippen molar-refractivity contribution in [2.24, 2.45) is 7.05 Å². The topological polar surface area (TPSA) is 64.2 Å². The molecule has 0 N–H and O–H groups in total. The van der Waals surface area contributed by atoms with Gasteiger partial charge in [-0.3, -0.25) is 9.48 Å². The summed E-state index contributed by atoms with van der Waals surface area (Å²) in [6.07, 6.45) is 5.07. The predicted octanol–water partition coefficient (Wildman–Crippen LogP) is 3.67. The molecule has 1 saturated heterocycles. The van der Waals surface area contributed by atoms with E-state index in [-0.39, 0.29) is 11.9 Å². The van der Waals surface area contributed by atoms with Crippen molar-refractivity contribution in [3.63, 3.8) is 0 Å². The molecule has 2 aromatic heterocycles. The maximum absolute atomic E-state index is 13.1. The van der Waals surface area contributed by atoms with Crippen LogP contribution in [0.4, 0.5) is 0 Å². The Balaban J connectivity index is 1.61. The van der Waals surface area contributed by atoms with E-state index in [2.05, 4.69) is 17.0 Å². The highest BCUT2D eigenvalue weighted by Gasteiger charge is 2.33. The highest BCUT2D eigenvalue weighted by atomic mass is 16.3. The van der Waals surface area contributed by atoms with Crippen molar-refractivity contribution in [1.29, 1.82) is 0 Å². The second-order valence-corrected chi connectivity index (χ2v) is 6.81. The van der Waals surface area contributed by atoms with Gasteiger partial charge >= 0.3 is 0 Å². The summed E-state index contributed by atoms with van der Waals surface area (Å²) in [5.74, 6) is 0.768. The molecule has 0 radical (unpaired) electrons. The fourth-order valence-electron chi connectivity index (χ4n) is 3.88. The van der Waals surface area contributed by atoms with Gasteiger partial charge in [-0.15, -0.1) is 0 Å². The van der Waals surface area contributed by atoms with Gasteiger partial charge in [-0.05, 0) is 38.8 Å². The summed E-state index contributed by atoms with van der Waals surface area (Å²) in [5.41, 5.74) is 4.94. The van der Waals surface area contributed by atoms with Crippen LogP contribution in [0, 0.1) is 13.8 Å². The summed E-state index contributed by atoms with van der Waals surface area (Å²) >= 11 is 0. The van der Waals surface area contributed by atoms with Crippen LogP contribution in [0.3, 0.4) is 0 Å². The number of benzene rings is 1. The monoisotopic (exact) mass is 350 g/mol. The Labute approximate surface area is 152 Å². The standard InChI is InChI=1S/C20H22N4O2/c1-13-19(14(2)23(3)22-13)17-5-4-10-24(17)20(25)16-8-6-15(7-9-16)18-11-21-12-26-18/h6-9,11-12,17H,4-5,10H2,1-3H3. The van der Waals surface area contributed by atoms with E-state index in [9.17, 15) is 4.79 Å². The number of carbonyl (C=O) groups excluding carboxylic acids is 1. The smallest absolute Gasteiger partial charge is 0.254 e. The second-order valence-electron chi connectivity index (χ2n) is 6.81. The van der Waals surface area contributed by atoms with Gasteiger partial charge in [-0.1, -0.05) is 12.1 Å². The van der Waals surface area contributed by atoms with E-state index in [1.807, 2.05) is 47.8 Å². The molecule has 3 heterocycles. The van der Waals surface area contributed by atoms with Crippen molar-refractivity contribution in [1.82, 2.24) is 19.7 Å². The lowest BCUT2D eigenvalue weighted by Crippen LogP contribution is -2.31. The molecule has 134 valence electrons. The molecule has 26 heavy (non-hydrogen) atoms. The van der Waals surface area contributed by atoms with Gasteiger partial charge in [0.2, 0.25) is 0 Å². The van der Waals surface area contributed by atoms with Crippen LogP contribution in [0.15, 0.2) is 41.3 Å². The Kier molecular flexibility index (Phi) is 4.11. The van der Waals surface area contributed by atoms with Gasteiger partial charge in [0.1, 0.15) is 0 Å². The summed E-state index contributed by atoms with van der Waals surface area (Å²) in [6, 6.07) is 7.63. The van der Waals surface area contributed by atoms with Crippen LogP contribution >= 0.6 is 0 Å². The number of amides is 1. The molecule has 4 rings (SSSR count). The third kappa shape index (κ3) is 2.71. The molecule has 0 saturated carbocycles. The molecule has 0 bridgehead atoms. The first kappa shape index (κ1) is 16.6. The zero-order valence-corrected chi connectivity index (χ0v) is 15.3. The number of hydrogen-bond donors (Lipinski definition) is 0. The average Bonchev–Trinajstić information content (AvgIpc) is 3.37. The Morgan fingerprint density at radius 2 is 2.00 bits per heavy atom. The maximum atomic E-state index is 13.1. The number of nitrogens with zero attached hydrogens (tertiary/aromatic N) is 4. The van der Waals surface area contributed by atoms with Crippen LogP contribution in [0.5, 0.6) is 0 Å². The minimum absolute atomic E-state index is 0.0688. The third-order valence-corrected chi connectivity index (χ3v) is 5.26. The van der Waals surface area contributed by atoms with Crippen molar-refractivity contribution in [2.45, 2.75) is 32.7 Å². The maximum Gasteiger partial charge on any atom is 0.254 e. The largest absolute Gasteiger partial charge is 0.444 e. The lowest BCUT2D eigenvalue weighted by Gasteiger charge is -2.25. The first-order chi connectivity index (χ1) is 12.6. The molecule has 3 aromatic rings. The molecular weight excluding hydrogens is 328 g/mol. The van der Waals surface area contributed by atoms with Gasteiger partial charge < -0.3 is 9.32 Å². The number of hydrogen-bond acceptors (Lipinski definition) is 4. The summed E-state index contributed by atoms with van der Waals surface area (Å²) in [4.78, 5) is 19.0. The Hall–Kier alpha value is -2.89. The van der Waals surface area contributed by atoms with Gasteiger partial charge in [0.15, 0.2) is 12.2 Å². The molecule has 1 unspecified atom stereocenters. The van der Waals surface area contributed by atoms with E-state index >= 15 is 0 Å². The summed E-state index contributed by atoms with van der Waals surface area (Å²) < 4.78 is 7.21. The molecule has 6 heteroatoms. The number of aryl methyl sites for hydroxylation is 2. The summed E-state index contributed by atoms with van der Waals surface area (Å²) in [5, 5.41) is 4.52. The quantitative estimate of drug-likeness (QED) is 0.723. The van der Waals surface area contributed by atoms with Crippen molar-refractivity contribution < 1.29 is 9.21 Å². The average molecular weight is 350 g/mol. The normalized spacial score (nSPS) is 17.0. The Bertz CT molecular complexity index is 926. The van der Waals surface area contributed by atoms with Gasteiger partial charge in [-0.25, -0.2) is 4.98 Å². The molecule has 1 aromatic carbocycles. The molecule has 0 spiro atoms. The van der Waals surface area contributed by atoms with Crippen molar-refractivity contribution >= 4 is 5.91 Å².